The minimum atomic E-state index is -5.22. The van der Waals surface area contributed by atoms with Crippen molar-refractivity contribution in [1.29, 1.82) is 5.41 Å². The molecule has 0 atom stereocenters. The summed E-state index contributed by atoms with van der Waals surface area (Å²) in [6.45, 7) is 0. The SMILES string of the molecule is CSc1sc(C(=N)N)cc1S(=O)(=O)c1cccc(-c2cc(-c3ccccc3)ccc2OC(=O)C(F)(F)F)c1. The predicted octanol–water partition coefficient (Wildman–Crippen LogP) is 6.39. The molecule has 0 unspecified atom stereocenters. The van der Waals surface area contributed by atoms with Crippen molar-refractivity contribution in [2.24, 2.45) is 5.73 Å². The van der Waals surface area contributed by atoms with Crippen LogP contribution in [0.15, 0.2) is 92.9 Å². The fraction of sp³-hybridized carbons (Fsp3) is 0.0769. The van der Waals surface area contributed by atoms with Crippen LogP contribution in [0.2, 0.25) is 0 Å². The molecular weight excluding hydrogens is 557 g/mol. The maximum Gasteiger partial charge on any atom is 0.491 e. The second-order valence-electron chi connectivity index (χ2n) is 7.88. The number of hydrogen-bond acceptors (Lipinski definition) is 7. The topological polar surface area (TPSA) is 110 Å². The molecule has 0 bridgehead atoms. The fourth-order valence-corrected chi connectivity index (χ4v) is 7.49. The molecule has 196 valence electrons. The Morgan fingerprint density at radius 3 is 2.26 bits per heavy atom. The van der Waals surface area contributed by atoms with E-state index in [0.29, 0.717) is 14.6 Å². The lowest BCUT2D eigenvalue weighted by atomic mass is 9.98. The first-order valence-corrected chi connectivity index (χ1v) is 14.3. The summed E-state index contributed by atoms with van der Waals surface area (Å²) in [6.07, 6.45) is -3.52. The minimum absolute atomic E-state index is 0.0286. The number of halogens is 3. The van der Waals surface area contributed by atoms with Crippen molar-refractivity contribution >= 4 is 44.7 Å². The molecule has 0 amide bonds. The number of rotatable bonds is 7. The Morgan fingerprint density at radius 2 is 1.63 bits per heavy atom. The molecule has 38 heavy (non-hydrogen) atoms. The predicted molar refractivity (Wildman–Crippen MR) is 142 cm³/mol. The van der Waals surface area contributed by atoms with Gasteiger partial charge in [0.25, 0.3) is 0 Å². The Bertz CT molecular complexity index is 1630. The molecule has 12 heteroatoms. The Kier molecular flexibility index (Phi) is 7.68. The van der Waals surface area contributed by atoms with Gasteiger partial charge in [0.2, 0.25) is 9.84 Å². The minimum Gasteiger partial charge on any atom is -0.419 e. The van der Waals surface area contributed by atoms with Gasteiger partial charge in [-0.2, -0.15) is 13.2 Å². The summed E-state index contributed by atoms with van der Waals surface area (Å²) in [5.41, 5.74) is 7.25. The zero-order valence-corrected chi connectivity index (χ0v) is 22.0. The highest BCUT2D eigenvalue weighted by atomic mass is 32.2. The lowest BCUT2D eigenvalue weighted by molar-refractivity contribution is -0.189. The van der Waals surface area contributed by atoms with Crippen LogP contribution in [0, 0.1) is 5.41 Å². The van der Waals surface area contributed by atoms with Crippen molar-refractivity contribution in [3.05, 3.63) is 83.7 Å². The normalized spacial score (nSPS) is 11.8. The van der Waals surface area contributed by atoms with Crippen molar-refractivity contribution in [3.8, 4) is 28.0 Å². The summed E-state index contributed by atoms with van der Waals surface area (Å²) in [5, 5.41) is 7.65. The summed E-state index contributed by atoms with van der Waals surface area (Å²) in [6, 6.07) is 20.2. The monoisotopic (exact) mass is 576 g/mol. The number of nitrogen functional groups attached to an aromatic ring is 1. The zero-order valence-electron chi connectivity index (χ0n) is 19.6. The van der Waals surface area contributed by atoms with Crippen molar-refractivity contribution < 1.29 is 31.1 Å². The maximum absolute atomic E-state index is 13.6. The summed E-state index contributed by atoms with van der Waals surface area (Å²) in [7, 11) is -4.10. The number of amidine groups is 1. The molecule has 0 aliphatic carbocycles. The molecule has 0 spiro atoms. The van der Waals surface area contributed by atoms with Gasteiger partial charge >= 0.3 is 12.1 Å². The van der Waals surface area contributed by atoms with Gasteiger partial charge in [-0.05, 0) is 53.3 Å². The molecule has 0 aliphatic heterocycles. The van der Waals surface area contributed by atoms with Crippen molar-refractivity contribution in [3.63, 3.8) is 0 Å². The Balaban J connectivity index is 1.86. The number of sulfone groups is 1. The average Bonchev–Trinajstić information content (AvgIpc) is 3.35. The fourth-order valence-electron chi connectivity index (χ4n) is 3.59. The van der Waals surface area contributed by atoms with Gasteiger partial charge in [-0.25, -0.2) is 13.2 Å². The molecule has 0 fully saturated rings. The third-order valence-corrected chi connectivity index (χ3v) is 9.72. The van der Waals surface area contributed by atoms with E-state index >= 15 is 0 Å². The summed E-state index contributed by atoms with van der Waals surface area (Å²) in [5.74, 6) is -3.04. The average molecular weight is 577 g/mol. The third-order valence-electron chi connectivity index (χ3n) is 5.38. The van der Waals surface area contributed by atoms with Crippen LogP contribution < -0.4 is 10.5 Å². The molecule has 3 N–H and O–H groups in total. The molecule has 1 aromatic heterocycles. The van der Waals surface area contributed by atoms with Gasteiger partial charge < -0.3 is 10.5 Å². The first-order chi connectivity index (χ1) is 17.9. The van der Waals surface area contributed by atoms with Gasteiger partial charge in [0.05, 0.1) is 18.9 Å². The van der Waals surface area contributed by atoms with Crippen molar-refractivity contribution in [2.45, 2.75) is 20.2 Å². The van der Waals surface area contributed by atoms with Crippen molar-refractivity contribution in [2.75, 3.05) is 6.26 Å². The number of alkyl halides is 3. The number of thiophene rings is 1. The Labute approximate surface area is 224 Å². The van der Waals surface area contributed by atoms with Gasteiger partial charge in [-0.15, -0.1) is 23.1 Å². The molecule has 0 saturated heterocycles. The number of carbonyl (C=O) groups excluding carboxylic acids is 1. The van der Waals surface area contributed by atoms with Gasteiger partial charge in [-0.1, -0.05) is 48.5 Å². The number of esters is 1. The second-order valence-corrected chi connectivity index (χ2v) is 11.9. The number of nitrogens with one attached hydrogen (secondary N) is 1. The first-order valence-electron chi connectivity index (χ1n) is 10.8. The lowest BCUT2D eigenvalue weighted by Crippen LogP contribution is -2.28. The zero-order chi connectivity index (χ0) is 27.7. The van der Waals surface area contributed by atoms with E-state index in [2.05, 4.69) is 4.74 Å². The van der Waals surface area contributed by atoms with Crippen LogP contribution in [0.25, 0.3) is 22.3 Å². The van der Waals surface area contributed by atoms with Crippen LogP contribution in [0.1, 0.15) is 4.88 Å². The number of ether oxygens (including phenoxy) is 1. The summed E-state index contributed by atoms with van der Waals surface area (Å²) in [4.78, 5) is 11.8. The third kappa shape index (κ3) is 5.62. The molecule has 0 radical (unpaired) electrons. The number of thioether (sulfide) groups is 1. The molecule has 4 rings (SSSR count). The van der Waals surface area contributed by atoms with Crippen LogP contribution in [-0.4, -0.2) is 32.7 Å². The quantitative estimate of drug-likeness (QED) is 0.0868. The van der Waals surface area contributed by atoms with E-state index in [1.807, 2.05) is 6.07 Å². The van der Waals surface area contributed by atoms with Gasteiger partial charge in [0.15, 0.2) is 0 Å². The van der Waals surface area contributed by atoms with Gasteiger partial charge in [0, 0.05) is 5.56 Å². The summed E-state index contributed by atoms with van der Waals surface area (Å²) >= 11 is 2.26. The van der Waals surface area contributed by atoms with E-state index in [9.17, 15) is 26.4 Å². The highest BCUT2D eigenvalue weighted by molar-refractivity contribution is 8.01. The highest BCUT2D eigenvalue weighted by Crippen LogP contribution is 2.40. The number of carbonyl (C=O) groups is 1. The standard InChI is InChI=1S/C26H19F3N2O4S3/c1-36-24-22(14-21(37-24)23(30)31)38(33,34)18-9-5-8-17(12-18)19-13-16(15-6-3-2-4-7-15)10-11-20(19)35-25(32)26(27,28)29/h2-14H,1H3,(H3,30,31). The summed E-state index contributed by atoms with van der Waals surface area (Å²) < 4.78 is 71.2. The van der Waals surface area contributed by atoms with E-state index in [1.54, 1.807) is 30.5 Å². The largest absolute Gasteiger partial charge is 0.491 e. The molecular formula is C26H19F3N2O4S3. The molecule has 3 aromatic carbocycles. The molecule has 4 aromatic rings. The number of nitrogens with two attached hydrogens (primary N) is 1. The van der Waals surface area contributed by atoms with E-state index in [1.165, 1.54) is 60.3 Å². The smallest absolute Gasteiger partial charge is 0.419 e. The molecule has 0 saturated carbocycles. The van der Waals surface area contributed by atoms with Crippen LogP contribution in [0.3, 0.4) is 0 Å². The van der Waals surface area contributed by atoms with E-state index in [-0.39, 0.29) is 32.5 Å². The van der Waals surface area contributed by atoms with E-state index in [0.717, 1.165) is 16.9 Å². The van der Waals surface area contributed by atoms with Gasteiger partial charge in [-0.3, -0.25) is 5.41 Å². The maximum atomic E-state index is 13.6. The van der Waals surface area contributed by atoms with E-state index in [4.69, 9.17) is 11.1 Å². The van der Waals surface area contributed by atoms with E-state index < -0.39 is 22.0 Å². The van der Waals surface area contributed by atoms with Crippen LogP contribution >= 0.6 is 23.1 Å². The van der Waals surface area contributed by atoms with Crippen LogP contribution in [-0.2, 0) is 14.6 Å². The Hall–Kier alpha value is -3.61. The van der Waals surface area contributed by atoms with Crippen molar-refractivity contribution in [1.82, 2.24) is 0 Å². The lowest BCUT2D eigenvalue weighted by Gasteiger charge is -2.14. The van der Waals surface area contributed by atoms with Crippen LogP contribution in [0.4, 0.5) is 13.2 Å². The van der Waals surface area contributed by atoms with Crippen LogP contribution in [0.5, 0.6) is 5.75 Å². The highest BCUT2D eigenvalue weighted by Gasteiger charge is 2.41. The first kappa shape index (κ1) is 27.4. The Morgan fingerprint density at radius 1 is 0.947 bits per heavy atom. The van der Waals surface area contributed by atoms with Gasteiger partial charge in [0.1, 0.15) is 11.6 Å². The molecule has 1 heterocycles. The number of benzene rings is 3. The second kappa shape index (κ2) is 10.6. The number of hydrogen-bond donors (Lipinski definition) is 2. The molecule has 6 nitrogen and oxygen atoms in total. The molecule has 0 aliphatic rings.